The van der Waals surface area contributed by atoms with E-state index in [1.807, 2.05) is 23.7 Å². The molecule has 20 heavy (non-hydrogen) atoms. The summed E-state index contributed by atoms with van der Waals surface area (Å²) in [5.41, 5.74) is 6.98. The van der Waals surface area contributed by atoms with E-state index in [0.717, 1.165) is 49.1 Å². The third-order valence-electron chi connectivity index (χ3n) is 4.87. The number of aryl methyl sites for hydroxylation is 1. The van der Waals surface area contributed by atoms with Gasteiger partial charge in [-0.05, 0) is 38.0 Å². The van der Waals surface area contributed by atoms with E-state index in [0.29, 0.717) is 12.0 Å². The molecule has 2 aliphatic rings. The lowest BCUT2D eigenvalue weighted by molar-refractivity contribution is 0.271. The van der Waals surface area contributed by atoms with Gasteiger partial charge in [-0.25, -0.2) is 4.98 Å². The van der Waals surface area contributed by atoms with E-state index < -0.39 is 0 Å². The molecule has 0 radical (unpaired) electrons. The monoisotopic (exact) mass is 272 g/mol. The first-order chi connectivity index (χ1) is 9.72. The van der Waals surface area contributed by atoms with Crippen molar-refractivity contribution in [3.63, 3.8) is 0 Å². The molecule has 2 aromatic heterocycles. The molecule has 4 rings (SSSR count). The van der Waals surface area contributed by atoms with Crippen molar-refractivity contribution in [2.45, 2.75) is 32.2 Å². The van der Waals surface area contributed by atoms with Crippen LogP contribution >= 0.6 is 0 Å². The van der Waals surface area contributed by atoms with Crippen molar-refractivity contribution in [3.05, 3.63) is 18.2 Å². The lowest BCUT2D eigenvalue weighted by atomic mass is 9.79. The molecule has 3 atom stereocenters. The van der Waals surface area contributed by atoms with Gasteiger partial charge in [-0.2, -0.15) is 0 Å². The highest BCUT2D eigenvalue weighted by Crippen LogP contribution is 2.37. The highest BCUT2D eigenvalue weighted by molar-refractivity contribution is 5.64. The minimum atomic E-state index is 0.385. The van der Waals surface area contributed by atoms with Gasteiger partial charge < -0.3 is 10.6 Å². The van der Waals surface area contributed by atoms with Gasteiger partial charge in [0.15, 0.2) is 5.82 Å². The van der Waals surface area contributed by atoms with Gasteiger partial charge >= 0.3 is 0 Å². The standard InChI is InChI=1S/C14H20N6/c1-9-17-18-14-13(16-4-5-20(9)14)19-7-10-2-3-12(15)6-11(10)8-19/h4-5,10-12H,2-3,6-8,15H2,1H3/t10-,11+,12?/m1/s1. The van der Waals surface area contributed by atoms with Gasteiger partial charge in [0.25, 0.3) is 0 Å². The zero-order valence-electron chi connectivity index (χ0n) is 11.7. The highest BCUT2D eigenvalue weighted by atomic mass is 15.3. The summed E-state index contributed by atoms with van der Waals surface area (Å²) in [5, 5.41) is 8.44. The van der Waals surface area contributed by atoms with E-state index in [-0.39, 0.29) is 0 Å². The smallest absolute Gasteiger partial charge is 0.203 e. The molecular formula is C14H20N6. The van der Waals surface area contributed by atoms with Crippen molar-refractivity contribution in [2.75, 3.05) is 18.0 Å². The molecule has 106 valence electrons. The Labute approximate surface area is 118 Å². The number of nitrogens with zero attached hydrogens (tertiary/aromatic N) is 5. The molecule has 1 saturated carbocycles. The number of fused-ring (bicyclic) bond motifs is 2. The van der Waals surface area contributed by atoms with E-state index in [2.05, 4.69) is 20.1 Å². The number of rotatable bonds is 1. The van der Waals surface area contributed by atoms with Crippen LogP contribution in [0.15, 0.2) is 12.4 Å². The summed E-state index contributed by atoms with van der Waals surface area (Å²) >= 11 is 0. The van der Waals surface area contributed by atoms with Crippen molar-refractivity contribution in [3.8, 4) is 0 Å². The maximum Gasteiger partial charge on any atom is 0.203 e. The van der Waals surface area contributed by atoms with E-state index >= 15 is 0 Å². The molecule has 0 aromatic carbocycles. The Hall–Kier alpha value is -1.69. The van der Waals surface area contributed by atoms with Gasteiger partial charge in [-0.15, -0.1) is 10.2 Å². The van der Waals surface area contributed by atoms with Gasteiger partial charge in [0.1, 0.15) is 5.82 Å². The van der Waals surface area contributed by atoms with Crippen LogP contribution in [-0.2, 0) is 0 Å². The Kier molecular flexibility index (Phi) is 2.66. The summed E-state index contributed by atoms with van der Waals surface area (Å²) in [5.74, 6) is 3.35. The molecule has 1 aliphatic carbocycles. The van der Waals surface area contributed by atoms with E-state index in [1.54, 1.807) is 0 Å². The van der Waals surface area contributed by atoms with Crippen LogP contribution in [0.25, 0.3) is 5.65 Å². The molecule has 1 aliphatic heterocycles. The Morgan fingerprint density at radius 1 is 1.20 bits per heavy atom. The molecular weight excluding hydrogens is 252 g/mol. The molecule has 6 nitrogen and oxygen atoms in total. The fourth-order valence-electron chi connectivity index (χ4n) is 3.79. The predicted molar refractivity (Wildman–Crippen MR) is 76.5 cm³/mol. The maximum absolute atomic E-state index is 6.11. The lowest BCUT2D eigenvalue weighted by Crippen LogP contribution is -2.32. The second kappa shape index (κ2) is 4.41. The van der Waals surface area contributed by atoms with Crippen LogP contribution in [-0.4, -0.2) is 38.7 Å². The molecule has 0 amide bonds. The summed E-state index contributed by atoms with van der Waals surface area (Å²) in [7, 11) is 0. The van der Waals surface area contributed by atoms with Crippen LogP contribution < -0.4 is 10.6 Å². The maximum atomic E-state index is 6.11. The Morgan fingerprint density at radius 3 is 2.95 bits per heavy atom. The Bertz CT molecular complexity index is 636. The van der Waals surface area contributed by atoms with Crippen LogP contribution in [0.4, 0.5) is 5.82 Å². The molecule has 1 unspecified atom stereocenters. The molecule has 0 bridgehead atoms. The first-order valence-electron chi connectivity index (χ1n) is 7.39. The molecule has 2 aromatic rings. The summed E-state index contributed by atoms with van der Waals surface area (Å²) in [6, 6.07) is 0.385. The van der Waals surface area contributed by atoms with Crippen molar-refractivity contribution in [1.29, 1.82) is 0 Å². The molecule has 6 heteroatoms. The largest absolute Gasteiger partial charge is 0.353 e. The zero-order valence-corrected chi connectivity index (χ0v) is 11.7. The average Bonchev–Trinajstić information content (AvgIpc) is 3.02. The molecule has 2 fully saturated rings. The fraction of sp³-hybridized carbons (Fsp3) is 0.643. The topological polar surface area (TPSA) is 72.3 Å². The van der Waals surface area contributed by atoms with E-state index in [9.17, 15) is 0 Å². The summed E-state index contributed by atoms with van der Waals surface area (Å²) in [6.07, 6.45) is 7.32. The van der Waals surface area contributed by atoms with Crippen molar-refractivity contribution in [1.82, 2.24) is 19.6 Å². The zero-order chi connectivity index (χ0) is 13.7. The minimum absolute atomic E-state index is 0.385. The van der Waals surface area contributed by atoms with E-state index in [4.69, 9.17) is 5.73 Å². The third-order valence-corrected chi connectivity index (χ3v) is 4.87. The SMILES string of the molecule is Cc1nnc2c(N3C[C@H]4CCC(N)C[C@H]4C3)nccn12. The number of nitrogens with two attached hydrogens (primary N) is 1. The lowest BCUT2D eigenvalue weighted by Gasteiger charge is -2.27. The van der Waals surface area contributed by atoms with Crippen LogP contribution in [0.5, 0.6) is 0 Å². The quantitative estimate of drug-likeness (QED) is 0.838. The fourth-order valence-corrected chi connectivity index (χ4v) is 3.79. The molecule has 1 saturated heterocycles. The second-order valence-corrected chi connectivity index (χ2v) is 6.19. The number of hydrogen-bond acceptors (Lipinski definition) is 5. The number of anilines is 1. The van der Waals surface area contributed by atoms with Gasteiger partial charge in [-0.3, -0.25) is 4.40 Å². The predicted octanol–water partition coefficient (Wildman–Crippen LogP) is 0.996. The van der Waals surface area contributed by atoms with Crippen LogP contribution in [0.1, 0.15) is 25.1 Å². The average molecular weight is 272 g/mol. The first-order valence-corrected chi connectivity index (χ1v) is 7.39. The highest BCUT2D eigenvalue weighted by Gasteiger charge is 2.37. The Morgan fingerprint density at radius 2 is 2.05 bits per heavy atom. The summed E-state index contributed by atoms with van der Waals surface area (Å²) < 4.78 is 2.01. The molecule has 2 N–H and O–H groups in total. The molecule has 0 spiro atoms. The summed E-state index contributed by atoms with van der Waals surface area (Å²) in [4.78, 5) is 6.92. The van der Waals surface area contributed by atoms with Gasteiger partial charge in [0.05, 0.1) is 0 Å². The summed E-state index contributed by atoms with van der Waals surface area (Å²) in [6.45, 7) is 4.10. The van der Waals surface area contributed by atoms with Crippen LogP contribution in [0.3, 0.4) is 0 Å². The van der Waals surface area contributed by atoms with Gasteiger partial charge in [0, 0.05) is 31.5 Å². The van der Waals surface area contributed by atoms with E-state index in [1.165, 1.54) is 6.42 Å². The minimum Gasteiger partial charge on any atom is -0.353 e. The number of hydrogen-bond donors (Lipinski definition) is 1. The van der Waals surface area contributed by atoms with Crippen molar-refractivity contribution >= 4 is 11.5 Å². The second-order valence-electron chi connectivity index (χ2n) is 6.19. The van der Waals surface area contributed by atoms with Crippen molar-refractivity contribution < 1.29 is 0 Å². The van der Waals surface area contributed by atoms with Crippen LogP contribution in [0.2, 0.25) is 0 Å². The number of aromatic nitrogens is 4. The third kappa shape index (κ3) is 1.78. The van der Waals surface area contributed by atoms with Crippen molar-refractivity contribution in [2.24, 2.45) is 17.6 Å². The first kappa shape index (κ1) is 12.1. The van der Waals surface area contributed by atoms with Gasteiger partial charge in [0.2, 0.25) is 5.65 Å². The Balaban J connectivity index is 1.67. The van der Waals surface area contributed by atoms with Crippen LogP contribution in [0, 0.1) is 18.8 Å². The normalized spacial score (nSPS) is 29.9. The van der Waals surface area contributed by atoms with Gasteiger partial charge in [-0.1, -0.05) is 0 Å². The molecule has 3 heterocycles.